The predicted molar refractivity (Wildman–Crippen MR) is 72.7 cm³/mol. The number of alkyl halides is 1. The first kappa shape index (κ1) is 14.1. The smallest absolute Gasteiger partial charge is 0.222 e. The number of rotatable bonds is 4. The van der Waals surface area contributed by atoms with Crippen molar-refractivity contribution < 1.29 is 9.90 Å². The van der Waals surface area contributed by atoms with Crippen molar-refractivity contribution in [2.24, 2.45) is 5.92 Å². The summed E-state index contributed by atoms with van der Waals surface area (Å²) in [5, 5.41) is 10.5. The Hall–Kier alpha value is -0.280. The molecule has 2 unspecified atom stereocenters. The number of hydrogen-bond acceptors (Lipinski definition) is 2. The number of amides is 1. The number of piperidine rings is 1. The monoisotopic (exact) mass is 273 g/mol. The molecule has 2 rings (SSSR count). The number of fused-ring (bicyclic) bond motifs is 1. The third-order valence-electron chi connectivity index (χ3n) is 4.55. The van der Waals surface area contributed by atoms with Crippen LogP contribution in [0.25, 0.3) is 0 Å². The van der Waals surface area contributed by atoms with Gasteiger partial charge in [0, 0.05) is 31.3 Å². The Morgan fingerprint density at radius 2 is 2.17 bits per heavy atom. The SMILES string of the molecule is O=C(CCCCCl)N1CCC2(O)CCCCC2C1. The van der Waals surface area contributed by atoms with E-state index in [0.717, 1.165) is 51.6 Å². The Morgan fingerprint density at radius 1 is 1.33 bits per heavy atom. The first-order valence-corrected chi connectivity index (χ1v) is 7.75. The lowest BCUT2D eigenvalue weighted by Gasteiger charge is -2.47. The Kier molecular flexibility index (Phi) is 4.91. The van der Waals surface area contributed by atoms with Gasteiger partial charge < -0.3 is 10.0 Å². The second kappa shape index (κ2) is 6.25. The minimum absolute atomic E-state index is 0.243. The summed E-state index contributed by atoms with van der Waals surface area (Å²) < 4.78 is 0. The van der Waals surface area contributed by atoms with Crippen molar-refractivity contribution in [2.75, 3.05) is 19.0 Å². The normalized spacial score (nSPS) is 32.1. The van der Waals surface area contributed by atoms with E-state index in [1.807, 2.05) is 4.90 Å². The molecule has 104 valence electrons. The van der Waals surface area contributed by atoms with Gasteiger partial charge in [-0.3, -0.25) is 4.79 Å². The summed E-state index contributed by atoms with van der Waals surface area (Å²) in [5.74, 6) is 1.18. The summed E-state index contributed by atoms with van der Waals surface area (Å²) in [6, 6.07) is 0. The van der Waals surface area contributed by atoms with Crippen LogP contribution in [0.2, 0.25) is 0 Å². The first-order chi connectivity index (χ1) is 8.65. The fourth-order valence-electron chi connectivity index (χ4n) is 3.33. The molecule has 0 aromatic carbocycles. The van der Waals surface area contributed by atoms with Crippen molar-refractivity contribution >= 4 is 17.5 Å². The second-order valence-electron chi connectivity index (χ2n) is 5.78. The van der Waals surface area contributed by atoms with Gasteiger partial charge in [0.1, 0.15) is 0 Å². The van der Waals surface area contributed by atoms with Crippen molar-refractivity contribution in [2.45, 2.75) is 57.0 Å². The minimum atomic E-state index is -0.481. The molecule has 2 atom stereocenters. The number of carbonyl (C=O) groups excluding carboxylic acids is 1. The quantitative estimate of drug-likeness (QED) is 0.632. The van der Waals surface area contributed by atoms with E-state index in [0.29, 0.717) is 18.2 Å². The molecular formula is C14H24ClNO2. The van der Waals surface area contributed by atoms with E-state index in [-0.39, 0.29) is 5.91 Å². The van der Waals surface area contributed by atoms with Gasteiger partial charge in [-0.05, 0) is 32.1 Å². The zero-order valence-electron chi connectivity index (χ0n) is 11.0. The lowest BCUT2D eigenvalue weighted by molar-refractivity contribution is -0.143. The molecule has 1 N–H and O–H groups in total. The average molecular weight is 274 g/mol. The van der Waals surface area contributed by atoms with E-state index in [9.17, 15) is 9.90 Å². The second-order valence-corrected chi connectivity index (χ2v) is 6.16. The summed E-state index contributed by atoms with van der Waals surface area (Å²) in [6.45, 7) is 1.49. The van der Waals surface area contributed by atoms with Gasteiger partial charge >= 0.3 is 0 Å². The molecule has 4 heteroatoms. The molecule has 1 amide bonds. The highest BCUT2D eigenvalue weighted by atomic mass is 35.5. The highest BCUT2D eigenvalue weighted by molar-refractivity contribution is 6.17. The largest absolute Gasteiger partial charge is 0.389 e. The molecule has 0 spiro atoms. The van der Waals surface area contributed by atoms with Gasteiger partial charge in [-0.15, -0.1) is 11.6 Å². The third-order valence-corrected chi connectivity index (χ3v) is 4.82. The third kappa shape index (κ3) is 3.18. The summed E-state index contributed by atoms with van der Waals surface area (Å²) in [4.78, 5) is 14.0. The van der Waals surface area contributed by atoms with Gasteiger partial charge in [0.2, 0.25) is 5.91 Å². The molecule has 0 radical (unpaired) electrons. The fraction of sp³-hybridized carbons (Fsp3) is 0.929. The number of likely N-dealkylation sites (tertiary alicyclic amines) is 1. The highest BCUT2D eigenvalue weighted by Gasteiger charge is 2.43. The average Bonchev–Trinajstić information content (AvgIpc) is 2.37. The zero-order valence-corrected chi connectivity index (χ0v) is 11.8. The maximum Gasteiger partial charge on any atom is 0.222 e. The van der Waals surface area contributed by atoms with E-state index in [2.05, 4.69) is 0 Å². The first-order valence-electron chi connectivity index (χ1n) is 7.22. The number of carbonyl (C=O) groups is 1. The van der Waals surface area contributed by atoms with Gasteiger partial charge in [0.15, 0.2) is 0 Å². The molecule has 3 nitrogen and oxygen atoms in total. The molecule has 18 heavy (non-hydrogen) atoms. The summed E-state index contributed by atoms with van der Waals surface area (Å²) in [5.41, 5.74) is -0.481. The van der Waals surface area contributed by atoms with Gasteiger partial charge in [-0.1, -0.05) is 12.8 Å². The van der Waals surface area contributed by atoms with Crippen molar-refractivity contribution in [3.8, 4) is 0 Å². The molecule has 1 aliphatic heterocycles. The van der Waals surface area contributed by atoms with E-state index < -0.39 is 5.60 Å². The molecule has 1 saturated heterocycles. The van der Waals surface area contributed by atoms with Crippen LogP contribution < -0.4 is 0 Å². The maximum absolute atomic E-state index is 12.1. The van der Waals surface area contributed by atoms with Crippen LogP contribution in [-0.2, 0) is 4.79 Å². The Morgan fingerprint density at radius 3 is 2.94 bits per heavy atom. The van der Waals surface area contributed by atoms with Gasteiger partial charge in [0.25, 0.3) is 0 Å². The van der Waals surface area contributed by atoms with Crippen LogP contribution in [-0.4, -0.2) is 40.5 Å². The van der Waals surface area contributed by atoms with E-state index >= 15 is 0 Å². The Labute approximate surface area is 114 Å². The number of unbranched alkanes of at least 4 members (excludes halogenated alkanes) is 1. The van der Waals surface area contributed by atoms with Crippen LogP contribution >= 0.6 is 11.6 Å². The topological polar surface area (TPSA) is 40.5 Å². The molecule has 0 aromatic rings. The van der Waals surface area contributed by atoms with Crippen LogP contribution in [0.15, 0.2) is 0 Å². The summed E-state index contributed by atoms with van der Waals surface area (Å²) in [7, 11) is 0. The molecule has 1 aliphatic carbocycles. The van der Waals surface area contributed by atoms with Crippen LogP contribution in [0.4, 0.5) is 0 Å². The van der Waals surface area contributed by atoms with E-state index in [4.69, 9.17) is 11.6 Å². The fourth-order valence-corrected chi connectivity index (χ4v) is 3.52. The van der Waals surface area contributed by atoms with Crippen LogP contribution in [0.3, 0.4) is 0 Å². The summed E-state index contributed by atoms with van der Waals surface area (Å²) >= 11 is 5.62. The maximum atomic E-state index is 12.1. The van der Waals surface area contributed by atoms with Crippen LogP contribution in [0, 0.1) is 5.92 Å². The van der Waals surface area contributed by atoms with Gasteiger partial charge in [-0.2, -0.15) is 0 Å². The van der Waals surface area contributed by atoms with Gasteiger partial charge in [-0.25, -0.2) is 0 Å². The molecular weight excluding hydrogens is 250 g/mol. The Bertz CT molecular complexity index is 298. The van der Waals surface area contributed by atoms with Crippen molar-refractivity contribution in [1.82, 2.24) is 4.90 Å². The molecule has 0 bridgehead atoms. The van der Waals surface area contributed by atoms with E-state index in [1.165, 1.54) is 6.42 Å². The van der Waals surface area contributed by atoms with Crippen LogP contribution in [0.1, 0.15) is 51.4 Å². The molecule has 2 aliphatic rings. The number of hydrogen-bond donors (Lipinski definition) is 1. The van der Waals surface area contributed by atoms with Crippen molar-refractivity contribution in [3.63, 3.8) is 0 Å². The zero-order chi connectivity index (χ0) is 13.0. The summed E-state index contributed by atoms with van der Waals surface area (Å²) in [6.07, 6.45) is 7.49. The molecule has 1 heterocycles. The Balaban J connectivity index is 1.84. The predicted octanol–water partition coefficient (Wildman–Crippen LogP) is 2.55. The highest BCUT2D eigenvalue weighted by Crippen LogP contribution is 2.39. The van der Waals surface area contributed by atoms with Gasteiger partial charge in [0.05, 0.1) is 5.60 Å². The van der Waals surface area contributed by atoms with Crippen molar-refractivity contribution in [1.29, 1.82) is 0 Å². The van der Waals surface area contributed by atoms with Crippen molar-refractivity contribution in [3.05, 3.63) is 0 Å². The standard InChI is InChI=1S/C14H24ClNO2/c15-9-4-2-6-13(17)16-10-8-14(18)7-3-1-5-12(14)11-16/h12,18H,1-11H2. The number of halogens is 1. The van der Waals surface area contributed by atoms with Crippen LogP contribution in [0.5, 0.6) is 0 Å². The number of nitrogens with zero attached hydrogens (tertiary/aromatic N) is 1. The minimum Gasteiger partial charge on any atom is -0.389 e. The molecule has 0 aromatic heterocycles. The lowest BCUT2D eigenvalue weighted by atomic mass is 9.71. The molecule has 1 saturated carbocycles. The lowest BCUT2D eigenvalue weighted by Crippen LogP contribution is -2.54. The molecule has 2 fully saturated rings. The van der Waals surface area contributed by atoms with E-state index in [1.54, 1.807) is 0 Å². The number of aliphatic hydroxyl groups is 1.